The van der Waals surface area contributed by atoms with Gasteiger partial charge in [-0.3, -0.25) is 26.0 Å². The van der Waals surface area contributed by atoms with E-state index >= 15 is 0 Å². The summed E-state index contributed by atoms with van der Waals surface area (Å²) in [5, 5.41) is 88.9. The van der Waals surface area contributed by atoms with Crippen molar-refractivity contribution >= 4 is 149 Å². The molecule has 0 radical (unpaired) electrons. The standard InChI is InChI=1S/C22H24BrN6O2.C20H19BrN5O2.C19H16BrClN5O2.C19H16BrFN5O2.C19H17BrN5O2/c1-27(2)10-11-31-21-9-8-16(15-28(21)30)13-24-20-12-19(17-6-4-3-5-7-17)26-22-18(23)14-25-29(20)22;1-2-28-19-9-8-14(13-25(19)27)11-22-18-10-17(15-6-4-3-5-7-15)24-20-16(21)12-23-26(18)20;1-28-19-15(21)7-12(11-25(19)27)9-22-17-8-16(13-5-3-2-4-6-13)24-18-14(20)10-23-26(17)18;1-28-18-7-6-12(11-25(18)27)9-22-17-8-16(13-4-2-3-5-15(13)21)24-19-14(20)10-23-26(17)19;1-27-18-8-7-13(12-24(18)26)10-21-17-9-16(14-5-3-2-4-6-14)23-19-15(20)11-22-25(17)19/h3-9,12,14-15,24,30H,10-11,13H2,1-2H3;3-10,12-13,22,27H,2,11H2,1H3;2*2-8,10-11,22,27H,9H2,1H3;2-9,11-12,21,26H,10H2,1H3/q5*+1. The summed E-state index contributed by atoms with van der Waals surface area (Å²) in [7, 11) is 8.38. The van der Waals surface area contributed by atoms with Crippen LogP contribution in [0.2, 0.25) is 5.02 Å². The average molecular weight is 2260 g/mol. The van der Waals surface area contributed by atoms with Gasteiger partial charge in [0, 0.05) is 149 Å². The molecular weight excluding hydrogens is 2170 g/mol. The number of hydrogen-bond donors (Lipinski definition) is 10. The molecule has 0 aliphatic heterocycles. The molecule has 0 aliphatic carbocycles. The summed E-state index contributed by atoms with van der Waals surface area (Å²) in [6, 6.07) is 72.1. The van der Waals surface area contributed by atoms with Gasteiger partial charge in [-0.25, -0.2) is 29.3 Å². The third-order valence-electron chi connectivity index (χ3n) is 21.5. The Morgan fingerprint density at radius 3 is 0.915 bits per heavy atom. The summed E-state index contributed by atoms with van der Waals surface area (Å²) < 4.78 is 57.6. The summed E-state index contributed by atoms with van der Waals surface area (Å²) in [6.45, 7) is 5.92. The molecule has 0 atom stereocenters. The lowest BCUT2D eigenvalue weighted by Crippen LogP contribution is -2.34. The molecule has 0 saturated carbocycles. The maximum Gasteiger partial charge on any atom is 0.435 e. The number of benzene rings is 5. The Morgan fingerprint density at radius 2 is 0.627 bits per heavy atom. The molecule has 0 saturated heterocycles. The molecule has 15 aromatic heterocycles. The van der Waals surface area contributed by atoms with Crippen molar-refractivity contribution < 1.29 is 77.8 Å². The van der Waals surface area contributed by atoms with E-state index < -0.39 is 0 Å². The van der Waals surface area contributed by atoms with Crippen LogP contribution in [-0.4, -0.2) is 159 Å². The molecule has 20 rings (SSSR count). The smallest absolute Gasteiger partial charge is 0.435 e. The fraction of sp³-hybridized carbons (Fsp3) is 0.141. The summed E-state index contributed by atoms with van der Waals surface area (Å²) in [4.78, 5) is 25.4. The molecule has 0 amide bonds. The third-order valence-corrected chi connectivity index (χ3v) is 24.5. The highest BCUT2D eigenvalue weighted by atomic mass is 79.9. The second-order valence-corrected chi connectivity index (χ2v) is 36.1. The Bertz CT molecular complexity index is 7800. The zero-order chi connectivity index (χ0) is 99.5. The lowest BCUT2D eigenvalue weighted by Gasteiger charge is -2.11. The van der Waals surface area contributed by atoms with Crippen molar-refractivity contribution in [1.82, 2.24) is 77.9 Å². The summed E-state index contributed by atoms with van der Waals surface area (Å²) in [6.07, 6.45) is 16.4. The van der Waals surface area contributed by atoms with E-state index in [1.54, 1.807) is 133 Å². The molecule has 142 heavy (non-hydrogen) atoms. The molecule has 0 aliphatic rings. The lowest BCUT2D eigenvalue weighted by atomic mass is 10.1. The van der Waals surface area contributed by atoms with E-state index in [1.165, 1.54) is 33.6 Å². The molecule has 0 fully saturated rings. The fourth-order valence-electron chi connectivity index (χ4n) is 14.5. The third kappa shape index (κ3) is 24.1. The van der Waals surface area contributed by atoms with Crippen LogP contribution >= 0.6 is 91.3 Å². The van der Waals surface area contributed by atoms with Gasteiger partial charge in [0.1, 0.15) is 41.5 Å². The SMILES string of the molecule is CCOc1ccc(CNc2cc(-c3ccccc3)nc3c(Br)cnn23)c[n+]1O.CN(C)CCOc1ccc(CNc2cc(-c3ccccc3)nc3c(Br)cnn23)c[n+]1O.COc1c(Cl)cc(CNc2cc(-c3ccccc3)nc3c(Br)cnn23)c[n+]1O.COc1ccc(CNc2cc(-c3ccccc3)nc3c(Br)cnn23)c[n+]1O.COc1ccc(CNc2cc(-c3ccccc3F)nc3c(Br)cnn23)c[n+]1O. The number of likely N-dealkylation sites (N-methyl/N-ethyl adjacent to an activating group) is 1. The Morgan fingerprint density at radius 1 is 0.345 bits per heavy atom. The second-order valence-electron chi connectivity index (χ2n) is 31.4. The molecule has 20 aromatic rings. The number of pyridine rings is 5. The van der Waals surface area contributed by atoms with Crippen LogP contribution in [0.4, 0.5) is 33.5 Å². The van der Waals surface area contributed by atoms with Gasteiger partial charge in [-0.2, -0.15) is 48.1 Å². The monoisotopic (exact) mass is 2250 g/mol. The number of aromatic nitrogens is 20. The van der Waals surface area contributed by atoms with E-state index in [-0.39, 0.29) is 11.7 Å². The molecule has 5 aromatic carbocycles. The maximum absolute atomic E-state index is 14.3. The maximum atomic E-state index is 14.3. The van der Waals surface area contributed by atoms with E-state index in [9.17, 15) is 30.4 Å². The fourth-order valence-corrected chi connectivity index (χ4v) is 16.6. The van der Waals surface area contributed by atoms with Crippen LogP contribution in [-0.2, 0) is 32.7 Å². The Balaban J connectivity index is 0.000000128. The van der Waals surface area contributed by atoms with Crippen molar-refractivity contribution in [3.05, 3.63) is 354 Å². The Hall–Kier alpha value is -15.5. The summed E-state index contributed by atoms with van der Waals surface area (Å²) >= 11 is 23.6. The topological polar surface area (TPSA) is 381 Å². The van der Waals surface area contributed by atoms with Gasteiger partial charge < -0.3 is 55.2 Å². The normalized spacial score (nSPS) is 11.0. The minimum Gasteiger partial charge on any atom is -0.445 e. The predicted octanol–water partition coefficient (Wildman–Crippen LogP) is 17.6. The number of anilines is 5. The van der Waals surface area contributed by atoms with Crippen LogP contribution < -0.4 is 73.9 Å². The van der Waals surface area contributed by atoms with Crippen molar-refractivity contribution in [2.45, 2.75) is 39.6 Å². The van der Waals surface area contributed by atoms with E-state index in [0.717, 1.165) is 161 Å². The minimum absolute atomic E-state index is 0.180. The average Bonchev–Trinajstić information content (AvgIpc) is 1.64. The van der Waals surface area contributed by atoms with Gasteiger partial charge >= 0.3 is 29.4 Å². The predicted molar refractivity (Wildman–Crippen MR) is 546 cm³/mol. The minimum atomic E-state index is -0.350. The van der Waals surface area contributed by atoms with E-state index in [2.05, 4.69) is 137 Å². The van der Waals surface area contributed by atoms with E-state index in [0.29, 0.717) is 107 Å². The number of halogens is 7. The van der Waals surface area contributed by atoms with Crippen LogP contribution in [0.25, 0.3) is 84.5 Å². The molecule has 36 nitrogen and oxygen atoms in total. The molecule has 0 spiro atoms. The van der Waals surface area contributed by atoms with Gasteiger partial charge in [0.15, 0.2) is 33.3 Å². The quantitative estimate of drug-likeness (QED) is 0.0154. The highest BCUT2D eigenvalue weighted by Crippen LogP contribution is 2.34. The number of rotatable bonds is 29. The van der Waals surface area contributed by atoms with Crippen molar-refractivity contribution in [2.75, 3.05) is 81.8 Å². The molecule has 43 heteroatoms. The second kappa shape index (κ2) is 46.5. The molecule has 0 unspecified atom stereocenters. The molecule has 10 N–H and O–H groups in total. The molecule has 0 bridgehead atoms. The first-order chi connectivity index (χ1) is 68.9. The van der Waals surface area contributed by atoms with Crippen LogP contribution in [0.5, 0.6) is 29.4 Å². The summed E-state index contributed by atoms with van der Waals surface area (Å²) in [5.41, 5.74) is 16.0. The van der Waals surface area contributed by atoms with Gasteiger partial charge in [0.05, 0.1) is 134 Å². The van der Waals surface area contributed by atoms with Crippen LogP contribution in [0, 0.1) is 5.82 Å². The van der Waals surface area contributed by atoms with Gasteiger partial charge in [0.2, 0.25) is 31.0 Å². The number of ether oxygens (including phenoxy) is 5. The Labute approximate surface area is 858 Å². The van der Waals surface area contributed by atoms with Gasteiger partial charge in [-0.1, -0.05) is 145 Å². The zero-order valence-corrected chi connectivity index (χ0v) is 85.4. The van der Waals surface area contributed by atoms with Crippen LogP contribution in [0.3, 0.4) is 0 Å². The number of nitrogens with zero attached hydrogens (tertiary/aromatic N) is 21. The van der Waals surface area contributed by atoms with Crippen molar-refractivity contribution in [1.29, 1.82) is 0 Å². The number of nitrogens with one attached hydrogen (secondary N) is 5. The first-order valence-corrected chi connectivity index (χ1v) is 48.1. The zero-order valence-electron chi connectivity index (χ0n) is 76.7. The lowest BCUT2D eigenvalue weighted by molar-refractivity contribution is -0.906. The Kier molecular flexibility index (Phi) is 32.6. The van der Waals surface area contributed by atoms with Crippen molar-refractivity contribution in [3.8, 4) is 85.7 Å². The number of hydrogen-bond acceptors (Lipinski definition) is 26. The molecular formula is C99H92Br5ClFN26O10+5. The first kappa shape index (κ1) is 99.5. The highest BCUT2D eigenvalue weighted by molar-refractivity contribution is 9.11. The van der Waals surface area contributed by atoms with Gasteiger partial charge in [0.25, 0.3) is 0 Å². The largest absolute Gasteiger partial charge is 0.445 e. The first-order valence-electron chi connectivity index (χ1n) is 43.7. The van der Waals surface area contributed by atoms with Gasteiger partial charge in [-0.15, -0.1) is 0 Å². The van der Waals surface area contributed by atoms with Crippen LogP contribution in [0.1, 0.15) is 34.7 Å². The van der Waals surface area contributed by atoms with E-state index in [1.807, 2.05) is 196 Å². The van der Waals surface area contributed by atoms with Crippen LogP contribution in [0.15, 0.2) is 315 Å². The molecule has 722 valence electrons. The van der Waals surface area contributed by atoms with E-state index in [4.69, 9.17) is 55.2 Å². The van der Waals surface area contributed by atoms with Gasteiger partial charge in [-0.05, 0) is 143 Å². The van der Waals surface area contributed by atoms with Crippen molar-refractivity contribution in [3.63, 3.8) is 0 Å². The highest BCUT2D eigenvalue weighted by Gasteiger charge is 2.25. The molecule has 15 heterocycles. The number of fused-ring (bicyclic) bond motifs is 5. The summed E-state index contributed by atoms with van der Waals surface area (Å²) in [5.74, 6) is 5.11. The number of methoxy groups -OCH3 is 3. The van der Waals surface area contributed by atoms with Crippen molar-refractivity contribution in [2.24, 2.45) is 0 Å².